The van der Waals surface area contributed by atoms with Gasteiger partial charge >= 0.3 is 0 Å². The number of carbonyl (C=O) groups is 1. The molecule has 1 aliphatic rings. The Morgan fingerprint density at radius 3 is 2.56 bits per heavy atom. The molecule has 2 heterocycles. The Hall–Kier alpha value is -3.16. The minimum atomic E-state index is -0.407. The highest BCUT2D eigenvalue weighted by Crippen LogP contribution is 2.26. The summed E-state index contributed by atoms with van der Waals surface area (Å²) in [5, 5.41) is 7.60. The molecule has 1 N–H and O–H groups in total. The first-order chi connectivity index (χ1) is 15.5. The fraction of sp³-hybridized carbons (Fsp3) is 0.292. The maximum Gasteiger partial charge on any atom is 0.292 e. The number of amides is 1. The van der Waals surface area contributed by atoms with Gasteiger partial charge in [0.05, 0.1) is 24.2 Å². The largest absolute Gasteiger partial charge is 0.382 e. The molecule has 0 saturated carbocycles. The normalized spacial score (nSPS) is 15.9. The smallest absolute Gasteiger partial charge is 0.292 e. The second-order valence-corrected chi connectivity index (χ2v) is 8.14. The number of rotatable bonds is 6. The monoisotopic (exact) mass is 452 g/mol. The van der Waals surface area contributed by atoms with Crippen LogP contribution in [0.4, 0.5) is 17.1 Å². The second kappa shape index (κ2) is 9.97. The van der Waals surface area contributed by atoms with Crippen molar-refractivity contribution in [2.24, 2.45) is 5.92 Å². The molecule has 0 aliphatic carbocycles. The van der Waals surface area contributed by atoms with Gasteiger partial charge in [-0.3, -0.25) is 14.5 Å². The molecule has 8 heteroatoms. The third kappa shape index (κ3) is 4.84. The zero-order valence-electron chi connectivity index (χ0n) is 17.8. The Bertz CT molecular complexity index is 1130. The topological polar surface area (TPSA) is 76.5 Å². The number of ether oxygens (including phenoxy) is 1. The molecule has 166 valence electrons. The summed E-state index contributed by atoms with van der Waals surface area (Å²) >= 11 is 6.35. The van der Waals surface area contributed by atoms with Crippen LogP contribution < -0.4 is 15.8 Å². The molecular formula is C24H25ClN4O3. The van der Waals surface area contributed by atoms with Crippen molar-refractivity contribution >= 4 is 34.6 Å². The molecule has 0 bridgehead atoms. The van der Waals surface area contributed by atoms with Crippen molar-refractivity contribution in [3.05, 3.63) is 76.2 Å². The van der Waals surface area contributed by atoms with E-state index in [4.69, 9.17) is 16.3 Å². The van der Waals surface area contributed by atoms with E-state index in [2.05, 4.69) is 10.4 Å². The molecule has 1 aromatic heterocycles. The summed E-state index contributed by atoms with van der Waals surface area (Å²) in [6, 6.07) is 16.4. The van der Waals surface area contributed by atoms with E-state index < -0.39 is 5.56 Å². The van der Waals surface area contributed by atoms with Gasteiger partial charge in [0.1, 0.15) is 5.02 Å². The number of carbonyl (C=O) groups excluding carboxylic acids is 1. The molecule has 1 fully saturated rings. The number of aromatic nitrogens is 2. The van der Waals surface area contributed by atoms with Gasteiger partial charge in [-0.15, -0.1) is 0 Å². The van der Waals surface area contributed by atoms with E-state index in [1.165, 1.54) is 11.6 Å². The van der Waals surface area contributed by atoms with Crippen LogP contribution in [0.2, 0.25) is 5.02 Å². The van der Waals surface area contributed by atoms with Gasteiger partial charge < -0.3 is 10.1 Å². The minimum absolute atomic E-state index is 0.0930. The summed E-state index contributed by atoms with van der Waals surface area (Å²) in [4.78, 5) is 26.7. The van der Waals surface area contributed by atoms with E-state index in [1.807, 2.05) is 30.3 Å². The Kier molecular flexibility index (Phi) is 6.87. The predicted molar refractivity (Wildman–Crippen MR) is 126 cm³/mol. The first-order valence-electron chi connectivity index (χ1n) is 10.6. The van der Waals surface area contributed by atoms with Gasteiger partial charge in [0.15, 0.2) is 0 Å². The standard InChI is InChI=1S/C24H25ClN4O3/c1-17(30)28(19-7-3-2-4-8-19)20-9-11-21(12-10-20)29-24(31)23(25)22(15-27-29)26-14-18-6-5-13-32-16-18/h2-4,7-12,15,18,26H,5-6,13-14,16H2,1H3/t18-/m0/s1. The lowest BCUT2D eigenvalue weighted by Gasteiger charge is -2.23. The molecule has 2 aromatic carbocycles. The third-order valence-corrected chi connectivity index (χ3v) is 5.80. The lowest BCUT2D eigenvalue weighted by Crippen LogP contribution is -2.27. The van der Waals surface area contributed by atoms with Crippen molar-refractivity contribution in [2.75, 3.05) is 30.0 Å². The average Bonchev–Trinajstić information content (AvgIpc) is 2.82. The molecule has 1 aliphatic heterocycles. The quantitative estimate of drug-likeness (QED) is 0.599. The first-order valence-corrected chi connectivity index (χ1v) is 11.0. The zero-order chi connectivity index (χ0) is 22.5. The molecule has 1 atom stereocenters. The summed E-state index contributed by atoms with van der Waals surface area (Å²) in [6.45, 7) is 3.71. The van der Waals surface area contributed by atoms with Gasteiger partial charge in [-0.2, -0.15) is 9.78 Å². The Morgan fingerprint density at radius 2 is 1.91 bits per heavy atom. The maximum absolute atomic E-state index is 12.8. The predicted octanol–water partition coefficient (Wildman–Crippen LogP) is 4.41. The fourth-order valence-electron chi connectivity index (χ4n) is 3.80. The van der Waals surface area contributed by atoms with E-state index in [0.29, 0.717) is 36.1 Å². The van der Waals surface area contributed by atoms with Crippen LogP contribution in [0.1, 0.15) is 19.8 Å². The number of hydrogen-bond donors (Lipinski definition) is 1. The number of anilines is 3. The summed E-state index contributed by atoms with van der Waals surface area (Å²) in [5.74, 6) is 0.282. The summed E-state index contributed by atoms with van der Waals surface area (Å²) in [6.07, 6.45) is 3.69. The molecule has 3 aromatic rings. The Balaban J connectivity index is 1.54. The van der Waals surface area contributed by atoms with Gasteiger partial charge in [-0.05, 0) is 55.2 Å². The van der Waals surface area contributed by atoms with Crippen molar-refractivity contribution in [2.45, 2.75) is 19.8 Å². The molecule has 0 spiro atoms. The van der Waals surface area contributed by atoms with E-state index in [-0.39, 0.29) is 10.9 Å². The molecule has 32 heavy (non-hydrogen) atoms. The summed E-state index contributed by atoms with van der Waals surface area (Å²) in [5.41, 5.74) is 2.13. The first kappa shape index (κ1) is 22.0. The highest BCUT2D eigenvalue weighted by molar-refractivity contribution is 6.32. The number of benzene rings is 2. The third-order valence-electron chi connectivity index (χ3n) is 5.44. The fourth-order valence-corrected chi connectivity index (χ4v) is 3.99. The van der Waals surface area contributed by atoms with Crippen molar-refractivity contribution in [3.8, 4) is 5.69 Å². The Morgan fingerprint density at radius 1 is 1.19 bits per heavy atom. The van der Waals surface area contributed by atoms with Crippen LogP contribution in [-0.2, 0) is 9.53 Å². The Labute approximate surface area is 191 Å². The number of nitrogens with zero attached hydrogens (tertiary/aromatic N) is 3. The van der Waals surface area contributed by atoms with Gasteiger partial charge in [-0.25, -0.2) is 0 Å². The van der Waals surface area contributed by atoms with Crippen LogP contribution in [0, 0.1) is 5.92 Å². The average molecular weight is 453 g/mol. The van der Waals surface area contributed by atoms with Crippen LogP contribution in [0.3, 0.4) is 0 Å². The van der Waals surface area contributed by atoms with Gasteiger partial charge in [0.25, 0.3) is 5.56 Å². The van der Waals surface area contributed by atoms with E-state index >= 15 is 0 Å². The van der Waals surface area contributed by atoms with Crippen LogP contribution >= 0.6 is 11.6 Å². The molecule has 1 saturated heterocycles. The number of hydrogen-bond acceptors (Lipinski definition) is 5. The second-order valence-electron chi connectivity index (χ2n) is 7.76. The molecule has 4 rings (SSSR count). The van der Waals surface area contributed by atoms with Crippen LogP contribution in [0.5, 0.6) is 0 Å². The summed E-state index contributed by atoms with van der Waals surface area (Å²) in [7, 11) is 0. The SMILES string of the molecule is CC(=O)N(c1ccccc1)c1ccc(-n2ncc(NC[C@@H]3CCCOC3)c(Cl)c2=O)cc1. The molecular weight excluding hydrogens is 428 g/mol. The maximum atomic E-state index is 12.8. The van der Waals surface area contributed by atoms with E-state index in [1.54, 1.807) is 35.4 Å². The van der Waals surface area contributed by atoms with Crippen molar-refractivity contribution in [1.82, 2.24) is 9.78 Å². The van der Waals surface area contributed by atoms with E-state index in [0.717, 1.165) is 25.1 Å². The number of halogens is 1. The molecule has 0 radical (unpaired) electrons. The van der Waals surface area contributed by atoms with Crippen molar-refractivity contribution < 1.29 is 9.53 Å². The van der Waals surface area contributed by atoms with Crippen LogP contribution in [-0.4, -0.2) is 35.4 Å². The molecule has 1 amide bonds. The molecule has 7 nitrogen and oxygen atoms in total. The lowest BCUT2D eigenvalue weighted by molar-refractivity contribution is -0.115. The highest BCUT2D eigenvalue weighted by Gasteiger charge is 2.17. The number of para-hydroxylation sites is 1. The minimum Gasteiger partial charge on any atom is -0.382 e. The molecule has 0 unspecified atom stereocenters. The number of nitrogens with one attached hydrogen (secondary N) is 1. The zero-order valence-corrected chi connectivity index (χ0v) is 18.6. The van der Waals surface area contributed by atoms with Gasteiger partial charge in [-0.1, -0.05) is 29.8 Å². The highest BCUT2D eigenvalue weighted by atomic mass is 35.5. The lowest BCUT2D eigenvalue weighted by atomic mass is 10.0. The van der Waals surface area contributed by atoms with Crippen molar-refractivity contribution in [1.29, 1.82) is 0 Å². The van der Waals surface area contributed by atoms with Crippen molar-refractivity contribution in [3.63, 3.8) is 0 Å². The van der Waals surface area contributed by atoms with Gasteiger partial charge in [0.2, 0.25) is 5.91 Å². The van der Waals surface area contributed by atoms with Crippen LogP contribution in [0.25, 0.3) is 5.69 Å². The summed E-state index contributed by atoms with van der Waals surface area (Å²) < 4.78 is 6.74. The van der Waals surface area contributed by atoms with E-state index in [9.17, 15) is 9.59 Å². The van der Waals surface area contributed by atoms with Gasteiger partial charge in [0, 0.05) is 31.5 Å². The van der Waals surface area contributed by atoms with Crippen LogP contribution in [0.15, 0.2) is 65.6 Å².